The van der Waals surface area contributed by atoms with E-state index in [-0.39, 0.29) is 17.6 Å². The van der Waals surface area contributed by atoms with Gasteiger partial charge in [0.15, 0.2) is 16.8 Å². The van der Waals surface area contributed by atoms with Gasteiger partial charge >= 0.3 is 0 Å². The molecule has 10 heteroatoms. The summed E-state index contributed by atoms with van der Waals surface area (Å²) in [6.07, 6.45) is -0.840. The summed E-state index contributed by atoms with van der Waals surface area (Å²) in [5.74, 6) is 1.29. The molecule has 0 radical (unpaired) electrons. The zero-order valence-corrected chi connectivity index (χ0v) is 24.1. The molecular weight excluding hydrogens is 546 g/mol. The molecule has 3 N–H and O–H groups in total. The zero-order chi connectivity index (χ0) is 30.2. The van der Waals surface area contributed by atoms with E-state index in [1.165, 1.54) is 13.3 Å². The number of imidazole rings is 1. The van der Waals surface area contributed by atoms with Crippen molar-refractivity contribution in [1.29, 1.82) is 0 Å². The summed E-state index contributed by atoms with van der Waals surface area (Å²) in [7, 11) is 1.64. The number of anilines is 1. The van der Waals surface area contributed by atoms with Crippen molar-refractivity contribution >= 4 is 17.1 Å². The molecule has 5 aromatic rings. The summed E-state index contributed by atoms with van der Waals surface area (Å²) < 4.78 is 18.8. The molecule has 10 nitrogen and oxygen atoms in total. The van der Waals surface area contributed by atoms with Crippen molar-refractivity contribution in [2.75, 3.05) is 19.0 Å². The number of ether oxygens (including phenoxy) is 3. The average Bonchev–Trinajstić information content (AvgIpc) is 3.54. The van der Waals surface area contributed by atoms with Crippen LogP contribution in [-0.2, 0) is 10.3 Å². The third kappa shape index (κ3) is 4.74. The number of hydrogen-bond donors (Lipinski definition) is 3. The highest BCUT2D eigenvalue weighted by atomic mass is 16.6. The number of aliphatic hydroxyl groups is 2. The lowest BCUT2D eigenvalue weighted by Gasteiger charge is -2.37. The van der Waals surface area contributed by atoms with Crippen LogP contribution in [0.1, 0.15) is 36.8 Å². The van der Waals surface area contributed by atoms with Crippen molar-refractivity contribution in [3.63, 3.8) is 0 Å². The van der Waals surface area contributed by atoms with Gasteiger partial charge in [-0.25, -0.2) is 4.98 Å². The Balaban J connectivity index is 1.58. The van der Waals surface area contributed by atoms with Crippen LogP contribution in [0, 0.1) is 0 Å². The molecule has 3 heterocycles. The van der Waals surface area contributed by atoms with Gasteiger partial charge < -0.3 is 29.7 Å². The van der Waals surface area contributed by atoms with Crippen LogP contribution in [0.25, 0.3) is 11.2 Å². The maximum atomic E-state index is 11.2. The first kappa shape index (κ1) is 28.2. The van der Waals surface area contributed by atoms with E-state index in [0.717, 1.165) is 22.4 Å². The van der Waals surface area contributed by atoms with E-state index in [2.05, 4.69) is 16.9 Å². The van der Waals surface area contributed by atoms with Crippen LogP contribution in [0.4, 0.5) is 5.95 Å². The number of benzene rings is 3. The average molecular weight is 580 g/mol. The minimum atomic E-state index is -1.68. The predicted octanol–water partition coefficient (Wildman–Crippen LogP) is 4.79. The molecule has 1 saturated heterocycles. The number of nitrogens with one attached hydrogen (secondary N) is 1. The predicted molar refractivity (Wildman–Crippen MR) is 162 cm³/mol. The number of hydrogen-bond acceptors (Lipinski definition) is 9. The van der Waals surface area contributed by atoms with Crippen molar-refractivity contribution in [1.82, 2.24) is 19.5 Å². The maximum Gasteiger partial charge on any atom is 0.247 e. The Labute approximate surface area is 249 Å². The molecule has 1 aliphatic rings. The molecular formula is C33H33N5O5. The number of fused-ring (bicyclic) bond motifs is 1. The Hall–Kier alpha value is -4.93. The molecule has 220 valence electrons. The third-order valence-electron chi connectivity index (χ3n) is 7.78. The molecule has 0 amide bonds. The second kappa shape index (κ2) is 11.0. The summed E-state index contributed by atoms with van der Waals surface area (Å²) in [5, 5.41) is 25.4. The zero-order valence-electron chi connectivity index (χ0n) is 24.1. The Morgan fingerprint density at radius 2 is 1.58 bits per heavy atom. The second-order valence-corrected chi connectivity index (χ2v) is 10.5. The van der Waals surface area contributed by atoms with Gasteiger partial charge in [0.2, 0.25) is 18.1 Å². The smallest absolute Gasteiger partial charge is 0.247 e. The Kier molecular flexibility index (Phi) is 7.25. The van der Waals surface area contributed by atoms with Gasteiger partial charge in [-0.05, 0) is 42.7 Å². The van der Waals surface area contributed by atoms with Crippen LogP contribution in [0.2, 0.25) is 0 Å². The van der Waals surface area contributed by atoms with Gasteiger partial charge in [-0.2, -0.15) is 9.97 Å². The van der Waals surface area contributed by atoms with Crippen molar-refractivity contribution in [2.45, 2.75) is 37.3 Å². The van der Waals surface area contributed by atoms with Crippen LogP contribution in [0.3, 0.4) is 0 Å². The highest BCUT2D eigenvalue weighted by Gasteiger charge is 2.51. The molecule has 0 bridgehead atoms. The molecule has 6 rings (SSSR count). The normalized spacial score (nSPS) is 20.2. The molecule has 0 spiro atoms. The summed E-state index contributed by atoms with van der Waals surface area (Å²) in [5.41, 5.74) is 0.909. The Bertz CT molecular complexity index is 1700. The topological polar surface area (TPSA) is 124 Å². The summed E-state index contributed by atoms with van der Waals surface area (Å²) in [6, 6.07) is 27.9. The standard InChI is InChI=1S/C33H33N5O5/c1-5-42-29-26-28(38(20-34-26)30-32(3,40)27(39)21(2)43-30)35-31(36-29)37-33(22-12-8-6-9-13-22,23-14-10-7-11-15-23)24-16-18-25(41-4)19-17-24/h6-20,27,30,39-40H,2,5H2,1,3-4H3,(H,35,36,37)/t27-,30-,32-/m1/s1. The van der Waals surface area contributed by atoms with Crippen molar-refractivity contribution in [3.05, 3.63) is 120 Å². The molecule has 3 aromatic carbocycles. The number of rotatable bonds is 9. The fourth-order valence-corrected chi connectivity index (χ4v) is 5.58. The number of aromatic nitrogens is 4. The van der Waals surface area contributed by atoms with Crippen molar-refractivity contribution in [2.24, 2.45) is 0 Å². The van der Waals surface area contributed by atoms with E-state index in [1.54, 1.807) is 11.7 Å². The minimum absolute atomic E-state index is 0.0564. The number of nitrogens with zero attached hydrogens (tertiary/aromatic N) is 4. The number of methoxy groups -OCH3 is 1. The molecule has 1 fully saturated rings. The fraction of sp³-hybridized carbons (Fsp3) is 0.242. The van der Waals surface area contributed by atoms with Crippen LogP contribution in [0.5, 0.6) is 11.6 Å². The quantitative estimate of drug-likeness (QED) is 0.212. The van der Waals surface area contributed by atoms with E-state index < -0.39 is 23.5 Å². The molecule has 3 atom stereocenters. The first-order valence-electron chi connectivity index (χ1n) is 14.0. The molecule has 2 aromatic heterocycles. The number of aliphatic hydroxyl groups excluding tert-OH is 1. The highest BCUT2D eigenvalue weighted by molar-refractivity contribution is 5.78. The lowest BCUT2D eigenvalue weighted by molar-refractivity contribution is -0.0918. The van der Waals surface area contributed by atoms with Gasteiger partial charge in [-0.15, -0.1) is 0 Å². The lowest BCUT2D eigenvalue weighted by Crippen LogP contribution is -2.41. The Morgan fingerprint density at radius 1 is 0.977 bits per heavy atom. The van der Waals surface area contributed by atoms with Crippen LogP contribution in [0.15, 0.2) is 104 Å². The lowest BCUT2D eigenvalue weighted by atomic mass is 9.77. The molecule has 1 aliphatic heterocycles. The minimum Gasteiger partial charge on any atom is -0.497 e. The largest absolute Gasteiger partial charge is 0.497 e. The van der Waals surface area contributed by atoms with E-state index in [0.29, 0.717) is 17.8 Å². The molecule has 0 unspecified atom stereocenters. The van der Waals surface area contributed by atoms with E-state index in [4.69, 9.17) is 24.2 Å². The highest BCUT2D eigenvalue weighted by Crippen LogP contribution is 2.43. The summed E-state index contributed by atoms with van der Waals surface area (Å²) >= 11 is 0. The van der Waals surface area contributed by atoms with E-state index >= 15 is 0 Å². The monoisotopic (exact) mass is 579 g/mol. The van der Waals surface area contributed by atoms with Crippen LogP contribution >= 0.6 is 0 Å². The van der Waals surface area contributed by atoms with Gasteiger partial charge in [-0.1, -0.05) is 79.4 Å². The van der Waals surface area contributed by atoms with E-state index in [9.17, 15) is 10.2 Å². The van der Waals surface area contributed by atoms with Gasteiger partial charge in [0.25, 0.3) is 0 Å². The molecule has 0 saturated carbocycles. The van der Waals surface area contributed by atoms with Crippen LogP contribution in [-0.4, -0.2) is 55.2 Å². The van der Waals surface area contributed by atoms with Gasteiger partial charge in [0.1, 0.15) is 29.5 Å². The van der Waals surface area contributed by atoms with Gasteiger partial charge in [-0.3, -0.25) is 4.57 Å². The SMILES string of the molecule is C=C1O[C@@H](n2cnc3c(OCC)nc(NC(c4ccccc4)(c4ccccc4)c4ccc(OC)cc4)nc32)[C@](C)(O)[C@@H]1O. The second-order valence-electron chi connectivity index (χ2n) is 10.5. The Morgan fingerprint density at radius 3 is 2.12 bits per heavy atom. The van der Waals surface area contributed by atoms with Gasteiger partial charge in [0.05, 0.1) is 13.7 Å². The maximum absolute atomic E-state index is 11.2. The molecule has 43 heavy (non-hydrogen) atoms. The first-order chi connectivity index (χ1) is 20.8. The van der Waals surface area contributed by atoms with Gasteiger partial charge in [0, 0.05) is 0 Å². The molecule has 0 aliphatic carbocycles. The van der Waals surface area contributed by atoms with Crippen LogP contribution < -0.4 is 14.8 Å². The fourth-order valence-electron chi connectivity index (χ4n) is 5.58. The van der Waals surface area contributed by atoms with Crippen molar-refractivity contribution < 1.29 is 24.4 Å². The third-order valence-corrected chi connectivity index (χ3v) is 7.78. The summed E-state index contributed by atoms with van der Waals surface area (Å²) in [4.78, 5) is 14.2. The van der Waals surface area contributed by atoms with E-state index in [1.807, 2.05) is 91.9 Å². The van der Waals surface area contributed by atoms with Crippen molar-refractivity contribution in [3.8, 4) is 11.6 Å². The first-order valence-corrected chi connectivity index (χ1v) is 14.0. The summed E-state index contributed by atoms with van der Waals surface area (Å²) in [6.45, 7) is 7.43.